The second kappa shape index (κ2) is 6.61. The van der Waals surface area contributed by atoms with Crippen molar-refractivity contribution < 1.29 is 4.92 Å². The topological polar surface area (TPSA) is 55.2 Å². The van der Waals surface area contributed by atoms with Gasteiger partial charge in [0.1, 0.15) is 5.69 Å². The summed E-state index contributed by atoms with van der Waals surface area (Å²) in [5.74, 6) is 1.09. The van der Waals surface area contributed by atoms with E-state index >= 15 is 0 Å². The molecule has 0 radical (unpaired) electrons. The van der Waals surface area contributed by atoms with Crippen LogP contribution in [0.15, 0.2) is 22.7 Å². The van der Waals surface area contributed by atoms with Crippen molar-refractivity contribution in [1.29, 1.82) is 0 Å². The Hall–Kier alpha value is -0.750. The highest BCUT2D eigenvalue weighted by Crippen LogP contribution is 2.35. The number of nitro benzene ring substituents is 1. The number of hydrogen-bond donors (Lipinski definition) is 1. The fourth-order valence-corrected chi connectivity index (χ4v) is 4.05. The lowest BCUT2D eigenvalue weighted by Crippen LogP contribution is -2.26. The van der Waals surface area contributed by atoms with Gasteiger partial charge in [-0.25, -0.2) is 0 Å². The van der Waals surface area contributed by atoms with Gasteiger partial charge in [-0.3, -0.25) is 10.1 Å². The largest absolute Gasteiger partial charge is 0.376 e. The zero-order chi connectivity index (χ0) is 13.8. The van der Waals surface area contributed by atoms with Crippen molar-refractivity contribution in [2.45, 2.75) is 37.5 Å². The van der Waals surface area contributed by atoms with Gasteiger partial charge in [-0.05, 0) is 30.7 Å². The molecule has 104 valence electrons. The molecule has 0 heterocycles. The van der Waals surface area contributed by atoms with Crippen LogP contribution in [0.1, 0.15) is 26.2 Å². The van der Waals surface area contributed by atoms with Crippen LogP contribution in [-0.4, -0.2) is 22.0 Å². The molecule has 1 aromatic rings. The summed E-state index contributed by atoms with van der Waals surface area (Å²) in [6.45, 7) is 2.15. The molecule has 4 nitrogen and oxygen atoms in total. The molecule has 19 heavy (non-hydrogen) atoms. The molecule has 1 aliphatic rings. The summed E-state index contributed by atoms with van der Waals surface area (Å²) in [5, 5.41) is 15.0. The number of halogens is 1. The first-order valence-electron chi connectivity index (χ1n) is 6.44. The molecule has 1 saturated carbocycles. The lowest BCUT2D eigenvalue weighted by molar-refractivity contribution is -0.384. The molecule has 1 aromatic carbocycles. The summed E-state index contributed by atoms with van der Waals surface area (Å²) in [5.41, 5.74) is 0.767. The first-order chi connectivity index (χ1) is 9.11. The number of nitro groups is 1. The Kier molecular flexibility index (Phi) is 5.10. The Bertz CT molecular complexity index is 470. The van der Waals surface area contributed by atoms with E-state index in [1.165, 1.54) is 12.8 Å². The van der Waals surface area contributed by atoms with Gasteiger partial charge in [-0.2, -0.15) is 11.8 Å². The first-order valence-corrected chi connectivity index (χ1v) is 8.28. The molecule has 0 saturated heterocycles. The average molecular weight is 345 g/mol. The minimum atomic E-state index is -0.328. The van der Waals surface area contributed by atoms with Crippen molar-refractivity contribution in [2.24, 2.45) is 0 Å². The van der Waals surface area contributed by atoms with E-state index in [0.29, 0.717) is 17.0 Å². The van der Waals surface area contributed by atoms with E-state index in [1.54, 1.807) is 18.2 Å². The van der Waals surface area contributed by atoms with Crippen LogP contribution in [0.2, 0.25) is 0 Å². The lowest BCUT2D eigenvalue weighted by atomic mass is 10.2. The van der Waals surface area contributed by atoms with E-state index in [1.807, 2.05) is 11.8 Å². The summed E-state index contributed by atoms with van der Waals surface area (Å²) >= 11 is 5.31. The van der Waals surface area contributed by atoms with Crippen molar-refractivity contribution in [1.82, 2.24) is 0 Å². The molecule has 6 heteroatoms. The number of nitrogens with one attached hydrogen (secondary N) is 1. The van der Waals surface area contributed by atoms with E-state index in [2.05, 4.69) is 28.2 Å². The molecule has 2 unspecified atom stereocenters. The van der Waals surface area contributed by atoms with E-state index in [4.69, 9.17) is 0 Å². The smallest absolute Gasteiger partial charge is 0.292 e. The third-order valence-corrected chi connectivity index (χ3v) is 5.15. The fourth-order valence-electron chi connectivity index (χ4n) is 2.49. The van der Waals surface area contributed by atoms with Crippen LogP contribution in [-0.2, 0) is 0 Å². The number of anilines is 1. The predicted molar refractivity (Wildman–Crippen MR) is 84.0 cm³/mol. The van der Waals surface area contributed by atoms with Crippen LogP contribution in [0.4, 0.5) is 11.4 Å². The maximum absolute atomic E-state index is 11.1. The molecule has 0 spiro atoms. The number of hydrogen-bond acceptors (Lipinski definition) is 4. The minimum Gasteiger partial charge on any atom is -0.376 e. The van der Waals surface area contributed by atoms with E-state index < -0.39 is 0 Å². The molecule has 1 aliphatic carbocycles. The maximum atomic E-state index is 11.1. The van der Waals surface area contributed by atoms with Crippen LogP contribution in [0.3, 0.4) is 0 Å². The number of benzene rings is 1. The highest BCUT2D eigenvalue weighted by atomic mass is 79.9. The zero-order valence-corrected chi connectivity index (χ0v) is 13.2. The Morgan fingerprint density at radius 1 is 1.53 bits per heavy atom. The molecule has 1 N–H and O–H groups in total. The van der Waals surface area contributed by atoms with Crippen LogP contribution < -0.4 is 5.32 Å². The van der Waals surface area contributed by atoms with Crippen LogP contribution in [0.25, 0.3) is 0 Å². The van der Waals surface area contributed by atoms with Gasteiger partial charge in [0.25, 0.3) is 5.69 Å². The predicted octanol–water partition coefficient (Wildman–Crippen LogP) is 4.44. The van der Waals surface area contributed by atoms with Gasteiger partial charge < -0.3 is 5.32 Å². The van der Waals surface area contributed by atoms with Crippen LogP contribution >= 0.6 is 27.7 Å². The molecule has 2 atom stereocenters. The highest BCUT2D eigenvalue weighted by Gasteiger charge is 2.28. The molecule has 0 amide bonds. The van der Waals surface area contributed by atoms with Crippen molar-refractivity contribution in [2.75, 3.05) is 11.1 Å². The second-order valence-electron chi connectivity index (χ2n) is 4.59. The number of thioether (sulfide) groups is 1. The monoisotopic (exact) mass is 344 g/mol. The van der Waals surface area contributed by atoms with Gasteiger partial charge in [-0.15, -0.1) is 0 Å². The van der Waals surface area contributed by atoms with Gasteiger partial charge in [0.05, 0.1) is 4.92 Å². The summed E-state index contributed by atoms with van der Waals surface area (Å²) in [7, 11) is 0. The highest BCUT2D eigenvalue weighted by molar-refractivity contribution is 9.10. The first kappa shape index (κ1) is 14.7. The Morgan fingerprint density at radius 3 is 3.00 bits per heavy atom. The van der Waals surface area contributed by atoms with Gasteiger partial charge in [0.2, 0.25) is 0 Å². The summed E-state index contributed by atoms with van der Waals surface area (Å²) in [6.07, 6.45) is 3.47. The third-order valence-electron chi connectivity index (χ3n) is 3.33. The quantitative estimate of drug-likeness (QED) is 0.633. The summed E-state index contributed by atoms with van der Waals surface area (Å²) in [4.78, 5) is 10.7. The van der Waals surface area contributed by atoms with Crippen molar-refractivity contribution in [3.05, 3.63) is 32.8 Å². The van der Waals surface area contributed by atoms with Gasteiger partial charge >= 0.3 is 0 Å². The Labute approximate surface area is 125 Å². The van der Waals surface area contributed by atoms with Gasteiger partial charge in [0.15, 0.2) is 0 Å². The normalized spacial score (nSPS) is 22.4. The molecule has 1 fully saturated rings. The number of rotatable bonds is 5. The molecule has 2 rings (SSSR count). The maximum Gasteiger partial charge on any atom is 0.292 e. The van der Waals surface area contributed by atoms with Crippen LogP contribution in [0, 0.1) is 10.1 Å². The summed E-state index contributed by atoms with van der Waals surface area (Å²) < 4.78 is 0.860. The van der Waals surface area contributed by atoms with E-state index in [0.717, 1.165) is 16.6 Å². The zero-order valence-electron chi connectivity index (χ0n) is 10.8. The Balaban J connectivity index is 2.17. The molecular weight excluding hydrogens is 328 g/mol. The molecule has 0 bridgehead atoms. The molecular formula is C13H17BrN2O2S. The van der Waals surface area contributed by atoms with Crippen LogP contribution in [0.5, 0.6) is 0 Å². The standard InChI is InChI=1S/C13H17BrN2O2S/c1-2-19-13-5-3-4-10(13)15-11-8-9(14)6-7-12(11)16(17)18/h6-8,10,13,15H,2-5H2,1H3. The lowest BCUT2D eigenvalue weighted by Gasteiger charge is -2.21. The SMILES string of the molecule is CCSC1CCCC1Nc1cc(Br)ccc1[N+](=O)[O-]. The molecule has 0 aromatic heterocycles. The second-order valence-corrected chi connectivity index (χ2v) is 7.03. The van der Waals surface area contributed by atoms with Gasteiger partial charge in [0, 0.05) is 21.8 Å². The van der Waals surface area contributed by atoms with Crippen molar-refractivity contribution >= 4 is 39.1 Å². The van der Waals surface area contributed by atoms with E-state index in [9.17, 15) is 10.1 Å². The number of nitrogens with zero attached hydrogens (tertiary/aromatic N) is 1. The van der Waals surface area contributed by atoms with E-state index in [-0.39, 0.29) is 10.6 Å². The molecule has 0 aliphatic heterocycles. The van der Waals surface area contributed by atoms with Crippen molar-refractivity contribution in [3.63, 3.8) is 0 Å². The average Bonchev–Trinajstić information content (AvgIpc) is 2.77. The summed E-state index contributed by atoms with van der Waals surface area (Å²) in [6, 6.07) is 5.38. The van der Waals surface area contributed by atoms with Gasteiger partial charge in [-0.1, -0.05) is 29.3 Å². The third kappa shape index (κ3) is 3.63. The Morgan fingerprint density at radius 2 is 2.32 bits per heavy atom. The van der Waals surface area contributed by atoms with Crippen molar-refractivity contribution in [3.8, 4) is 0 Å². The minimum absolute atomic E-state index is 0.148. The fraction of sp³-hybridized carbons (Fsp3) is 0.538.